The lowest BCUT2D eigenvalue weighted by Crippen LogP contribution is -2.22. The number of hydrogen-bond donors (Lipinski definition) is 0. The zero-order valence-corrected chi connectivity index (χ0v) is 6.05. The number of likely N-dealkylation sites (N-methyl/N-ethyl adjacent to an activating group) is 1. The quantitative estimate of drug-likeness (QED) is 0.551. The maximum Gasteiger partial charge on any atom is 0.149 e. The van der Waals surface area contributed by atoms with Crippen molar-refractivity contribution in [3.05, 3.63) is 0 Å². The van der Waals surface area contributed by atoms with Crippen LogP contribution in [0.5, 0.6) is 0 Å². The van der Waals surface area contributed by atoms with E-state index in [4.69, 9.17) is 0 Å². The highest BCUT2D eigenvalue weighted by molar-refractivity contribution is 5.84. The number of nitrogens with zero attached hydrogens (tertiary/aromatic N) is 1. The first-order chi connectivity index (χ1) is 4.20. The predicted molar refractivity (Wildman–Crippen MR) is 36.3 cm³/mol. The molecule has 0 aromatic heterocycles. The summed E-state index contributed by atoms with van der Waals surface area (Å²) in [5.41, 5.74) is 0. The molecule has 2 heteroatoms. The van der Waals surface area contributed by atoms with Crippen LogP contribution < -0.4 is 0 Å². The molecule has 1 saturated carbocycles. The molecule has 0 N–H and O–H groups in total. The van der Waals surface area contributed by atoms with Crippen molar-refractivity contribution < 1.29 is 4.79 Å². The van der Waals surface area contributed by atoms with Crippen LogP contribution in [0.2, 0.25) is 0 Å². The van der Waals surface area contributed by atoms with Gasteiger partial charge in [-0.3, -0.25) is 4.79 Å². The Morgan fingerprint density at radius 2 is 2.11 bits per heavy atom. The van der Waals surface area contributed by atoms with Crippen LogP contribution in [0, 0.1) is 5.92 Å². The lowest BCUT2D eigenvalue weighted by atomic mass is 10.2. The van der Waals surface area contributed by atoms with E-state index in [-0.39, 0.29) is 0 Å². The highest BCUT2D eigenvalue weighted by Crippen LogP contribution is 2.29. The van der Waals surface area contributed by atoms with Crippen molar-refractivity contribution in [1.82, 2.24) is 4.90 Å². The SMILES string of the molecule is CN(C)CC(=O)C1CC1. The largest absolute Gasteiger partial charge is 0.302 e. The monoisotopic (exact) mass is 127 g/mol. The van der Waals surface area contributed by atoms with Gasteiger partial charge in [0.2, 0.25) is 0 Å². The lowest BCUT2D eigenvalue weighted by Gasteiger charge is -2.06. The number of ketones is 1. The minimum Gasteiger partial charge on any atom is -0.302 e. The molecule has 9 heavy (non-hydrogen) atoms. The second-order valence-corrected chi connectivity index (χ2v) is 2.98. The first kappa shape index (κ1) is 6.75. The van der Waals surface area contributed by atoms with Crippen molar-refractivity contribution in [3.8, 4) is 0 Å². The summed E-state index contributed by atoms with van der Waals surface area (Å²) >= 11 is 0. The van der Waals surface area contributed by atoms with Gasteiger partial charge in [0.15, 0.2) is 0 Å². The average molecular weight is 127 g/mol. The fraction of sp³-hybridized carbons (Fsp3) is 0.857. The van der Waals surface area contributed by atoms with Crippen molar-refractivity contribution in [3.63, 3.8) is 0 Å². The van der Waals surface area contributed by atoms with Crippen LogP contribution >= 0.6 is 0 Å². The molecule has 0 aliphatic heterocycles. The molecule has 0 saturated heterocycles. The summed E-state index contributed by atoms with van der Waals surface area (Å²) in [6.07, 6.45) is 2.26. The van der Waals surface area contributed by atoms with Crippen LogP contribution in [0.1, 0.15) is 12.8 Å². The summed E-state index contributed by atoms with van der Waals surface area (Å²) < 4.78 is 0. The lowest BCUT2D eigenvalue weighted by molar-refractivity contribution is -0.120. The van der Waals surface area contributed by atoms with Crippen molar-refractivity contribution in [2.45, 2.75) is 12.8 Å². The average Bonchev–Trinajstić information content (AvgIpc) is 2.40. The molecular weight excluding hydrogens is 114 g/mol. The van der Waals surface area contributed by atoms with Crippen LogP contribution in [0.25, 0.3) is 0 Å². The summed E-state index contributed by atoms with van der Waals surface area (Å²) in [6.45, 7) is 0.630. The van der Waals surface area contributed by atoms with Crippen LogP contribution in [0.15, 0.2) is 0 Å². The molecule has 52 valence electrons. The van der Waals surface area contributed by atoms with Crippen molar-refractivity contribution in [2.75, 3.05) is 20.6 Å². The molecule has 0 spiro atoms. The Hall–Kier alpha value is -0.370. The third-order valence-electron chi connectivity index (χ3n) is 1.50. The van der Waals surface area contributed by atoms with E-state index in [9.17, 15) is 4.79 Å². The molecule has 0 unspecified atom stereocenters. The number of Topliss-reactive ketones (excluding diaryl/α,β-unsaturated/α-hetero) is 1. The minimum absolute atomic E-state index is 0.417. The molecular formula is C7H13NO. The molecule has 1 rings (SSSR count). The molecule has 0 aromatic carbocycles. The maximum absolute atomic E-state index is 11.0. The minimum atomic E-state index is 0.417. The van der Waals surface area contributed by atoms with Crippen LogP contribution in [0.3, 0.4) is 0 Å². The van der Waals surface area contributed by atoms with E-state index in [1.54, 1.807) is 0 Å². The molecule has 1 fully saturated rings. The molecule has 0 bridgehead atoms. The summed E-state index contributed by atoms with van der Waals surface area (Å²) in [5.74, 6) is 0.840. The zero-order chi connectivity index (χ0) is 6.85. The van der Waals surface area contributed by atoms with Gasteiger partial charge < -0.3 is 4.90 Å². The third kappa shape index (κ3) is 2.14. The molecule has 1 aliphatic carbocycles. The van der Waals surface area contributed by atoms with Gasteiger partial charge in [0.1, 0.15) is 5.78 Å². The molecule has 0 aromatic rings. The Morgan fingerprint density at radius 3 is 2.44 bits per heavy atom. The predicted octanol–water partition coefficient (Wildman–Crippen LogP) is 0.527. The zero-order valence-electron chi connectivity index (χ0n) is 6.05. The van der Waals surface area contributed by atoms with E-state index in [2.05, 4.69) is 0 Å². The van der Waals surface area contributed by atoms with Gasteiger partial charge >= 0.3 is 0 Å². The van der Waals surface area contributed by atoms with Crippen LogP contribution in [-0.2, 0) is 4.79 Å². The normalized spacial score (nSPS) is 18.6. The highest BCUT2D eigenvalue weighted by Gasteiger charge is 2.28. The molecule has 0 amide bonds. The Kier molecular flexibility index (Phi) is 1.86. The second kappa shape index (κ2) is 2.48. The molecule has 1 aliphatic rings. The van der Waals surface area contributed by atoms with Crippen molar-refractivity contribution >= 4 is 5.78 Å². The van der Waals surface area contributed by atoms with Gasteiger partial charge in [-0.15, -0.1) is 0 Å². The summed E-state index contributed by atoms with van der Waals surface area (Å²) in [6, 6.07) is 0. The highest BCUT2D eigenvalue weighted by atomic mass is 16.1. The molecule has 2 nitrogen and oxygen atoms in total. The maximum atomic E-state index is 11.0. The van der Waals surface area contributed by atoms with E-state index in [0.29, 0.717) is 18.2 Å². The van der Waals surface area contributed by atoms with Crippen molar-refractivity contribution in [1.29, 1.82) is 0 Å². The Balaban J connectivity index is 2.18. The van der Waals surface area contributed by atoms with Gasteiger partial charge in [0.25, 0.3) is 0 Å². The van der Waals surface area contributed by atoms with Gasteiger partial charge in [-0.25, -0.2) is 0 Å². The van der Waals surface area contributed by atoms with Gasteiger partial charge in [0.05, 0.1) is 6.54 Å². The number of hydrogen-bond acceptors (Lipinski definition) is 2. The van der Waals surface area contributed by atoms with Gasteiger partial charge in [-0.05, 0) is 26.9 Å². The topological polar surface area (TPSA) is 20.3 Å². The number of rotatable bonds is 3. The second-order valence-electron chi connectivity index (χ2n) is 2.98. The molecule has 0 radical (unpaired) electrons. The third-order valence-corrected chi connectivity index (χ3v) is 1.50. The Labute approximate surface area is 55.8 Å². The molecule has 0 heterocycles. The van der Waals surface area contributed by atoms with Crippen LogP contribution in [-0.4, -0.2) is 31.3 Å². The molecule has 0 atom stereocenters. The van der Waals surface area contributed by atoms with Gasteiger partial charge in [0, 0.05) is 5.92 Å². The smallest absolute Gasteiger partial charge is 0.149 e. The summed E-state index contributed by atoms with van der Waals surface area (Å²) in [4.78, 5) is 12.9. The van der Waals surface area contributed by atoms with Gasteiger partial charge in [-0.1, -0.05) is 0 Å². The number of carbonyl (C=O) groups excluding carboxylic acids is 1. The van der Waals surface area contributed by atoms with Gasteiger partial charge in [-0.2, -0.15) is 0 Å². The van der Waals surface area contributed by atoms with E-state index in [1.807, 2.05) is 19.0 Å². The van der Waals surface area contributed by atoms with E-state index in [1.165, 1.54) is 0 Å². The first-order valence-corrected chi connectivity index (χ1v) is 3.37. The summed E-state index contributed by atoms with van der Waals surface area (Å²) in [5, 5.41) is 0. The number of carbonyl (C=O) groups is 1. The fourth-order valence-corrected chi connectivity index (χ4v) is 0.846. The van der Waals surface area contributed by atoms with Crippen molar-refractivity contribution in [2.24, 2.45) is 5.92 Å². The first-order valence-electron chi connectivity index (χ1n) is 3.37. The Morgan fingerprint density at radius 1 is 1.56 bits per heavy atom. The fourth-order valence-electron chi connectivity index (χ4n) is 0.846. The standard InChI is InChI=1S/C7H13NO/c1-8(2)5-7(9)6-3-4-6/h6H,3-5H2,1-2H3. The Bertz CT molecular complexity index is 116. The van der Waals surface area contributed by atoms with E-state index < -0.39 is 0 Å². The van der Waals surface area contributed by atoms with E-state index in [0.717, 1.165) is 12.8 Å². The van der Waals surface area contributed by atoms with Crippen LogP contribution in [0.4, 0.5) is 0 Å². The summed E-state index contributed by atoms with van der Waals surface area (Å²) in [7, 11) is 3.86. The van der Waals surface area contributed by atoms with E-state index >= 15 is 0 Å².